The molecule has 98 valence electrons. The van der Waals surface area contributed by atoms with Crippen LogP contribution in [0, 0.1) is 5.92 Å². The van der Waals surface area contributed by atoms with Gasteiger partial charge in [-0.3, -0.25) is 4.79 Å². The summed E-state index contributed by atoms with van der Waals surface area (Å²) in [5, 5.41) is 6.57. The summed E-state index contributed by atoms with van der Waals surface area (Å²) in [6.07, 6.45) is 9.66. The van der Waals surface area contributed by atoms with E-state index in [0.717, 1.165) is 18.9 Å². The van der Waals surface area contributed by atoms with Gasteiger partial charge < -0.3 is 10.6 Å². The predicted octanol–water partition coefficient (Wildman–Crippen LogP) is 2.21. The number of hydrogen-bond donors (Lipinski definition) is 2. The van der Waals surface area contributed by atoms with Crippen LogP contribution in [0.1, 0.15) is 58.3 Å². The zero-order chi connectivity index (χ0) is 12.1. The molecule has 1 aliphatic heterocycles. The number of piperidine rings is 1. The van der Waals surface area contributed by atoms with Gasteiger partial charge in [-0.2, -0.15) is 0 Å². The molecule has 2 aliphatic rings. The van der Waals surface area contributed by atoms with Crippen LogP contribution in [0.25, 0.3) is 0 Å². The van der Waals surface area contributed by atoms with Crippen molar-refractivity contribution in [1.82, 2.24) is 10.6 Å². The number of amides is 1. The van der Waals surface area contributed by atoms with Crippen molar-refractivity contribution in [3.05, 3.63) is 0 Å². The third-order valence-corrected chi connectivity index (χ3v) is 4.33. The van der Waals surface area contributed by atoms with Gasteiger partial charge in [0.05, 0.1) is 6.04 Å². The second kappa shape index (κ2) is 6.39. The van der Waals surface area contributed by atoms with E-state index >= 15 is 0 Å². The Hall–Kier alpha value is -0.570. The topological polar surface area (TPSA) is 41.1 Å². The van der Waals surface area contributed by atoms with Crippen molar-refractivity contribution in [2.24, 2.45) is 5.92 Å². The molecule has 0 aromatic heterocycles. The molecule has 0 radical (unpaired) electrons. The van der Waals surface area contributed by atoms with Gasteiger partial charge in [0.15, 0.2) is 0 Å². The third-order valence-electron chi connectivity index (χ3n) is 4.33. The molecule has 3 nitrogen and oxygen atoms in total. The lowest BCUT2D eigenvalue weighted by Gasteiger charge is -2.31. The Bertz CT molecular complexity index is 249. The minimum Gasteiger partial charge on any atom is -0.352 e. The SMILES string of the molecule is CCC1CCCC(NC(=O)[C@@H]2CCCCN2)C1. The number of nitrogens with one attached hydrogen (secondary N) is 2. The first-order valence-corrected chi connectivity index (χ1v) is 7.33. The highest BCUT2D eigenvalue weighted by molar-refractivity contribution is 5.82. The van der Waals surface area contributed by atoms with Crippen molar-refractivity contribution >= 4 is 5.91 Å². The fraction of sp³-hybridized carbons (Fsp3) is 0.929. The molecule has 2 N–H and O–H groups in total. The van der Waals surface area contributed by atoms with Crippen molar-refractivity contribution in [2.75, 3.05) is 6.54 Å². The van der Waals surface area contributed by atoms with Crippen molar-refractivity contribution in [1.29, 1.82) is 0 Å². The van der Waals surface area contributed by atoms with Crippen molar-refractivity contribution < 1.29 is 4.79 Å². The summed E-state index contributed by atoms with van der Waals surface area (Å²) in [6.45, 7) is 3.26. The fourth-order valence-electron chi connectivity index (χ4n) is 3.17. The Morgan fingerprint density at radius 1 is 1.24 bits per heavy atom. The number of hydrogen-bond acceptors (Lipinski definition) is 2. The third kappa shape index (κ3) is 3.70. The van der Waals surface area contributed by atoms with Crippen molar-refractivity contribution in [2.45, 2.75) is 70.4 Å². The summed E-state index contributed by atoms with van der Waals surface area (Å²) in [6, 6.07) is 0.510. The summed E-state index contributed by atoms with van der Waals surface area (Å²) in [4.78, 5) is 12.1. The molecule has 0 bridgehead atoms. The van der Waals surface area contributed by atoms with E-state index in [1.165, 1.54) is 44.9 Å². The molecule has 1 heterocycles. The highest BCUT2D eigenvalue weighted by Crippen LogP contribution is 2.26. The van der Waals surface area contributed by atoms with Crippen LogP contribution in [-0.4, -0.2) is 24.5 Å². The van der Waals surface area contributed by atoms with Gasteiger partial charge in [-0.1, -0.05) is 32.6 Å². The Morgan fingerprint density at radius 3 is 2.82 bits per heavy atom. The molecular weight excluding hydrogens is 212 g/mol. The van der Waals surface area contributed by atoms with Crippen molar-refractivity contribution in [3.8, 4) is 0 Å². The molecular formula is C14H26N2O. The molecule has 1 saturated carbocycles. The number of rotatable bonds is 3. The Labute approximate surface area is 105 Å². The standard InChI is InChI=1S/C14H26N2O/c1-2-11-6-5-7-12(10-11)16-14(17)13-8-3-4-9-15-13/h11-13,15H,2-10H2,1H3,(H,16,17)/t11?,12?,13-/m0/s1. The summed E-state index contributed by atoms with van der Waals surface area (Å²) in [7, 11) is 0. The molecule has 2 rings (SSSR count). The van der Waals surface area contributed by atoms with E-state index in [2.05, 4.69) is 17.6 Å². The summed E-state index contributed by atoms with van der Waals surface area (Å²) >= 11 is 0. The zero-order valence-electron chi connectivity index (χ0n) is 11.0. The quantitative estimate of drug-likeness (QED) is 0.791. The highest BCUT2D eigenvalue weighted by atomic mass is 16.2. The molecule has 1 saturated heterocycles. The van der Waals surface area contributed by atoms with E-state index in [-0.39, 0.29) is 11.9 Å². The first-order valence-electron chi connectivity index (χ1n) is 7.33. The van der Waals surface area contributed by atoms with Gasteiger partial charge in [0.25, 0.3) is 0 Å². The van der Waals surface area contributed by atoms with Gasteiger partial charge in [-0.25, -0.2) is 0 Å². The molecule has 3 atom stereocenters. The highest BCUT2D eigenvalue weighted by Gasteiger charge is 2.26. The molecule has 1 amide bonds. The maximum atomic E-state index is 12.1. The van der Waals surface area contributed by atoms with Crippen molar-refractivity contribution in [3.63, 3.8) is 0 Å². The van der Waals surface area contributed by atoms with E-state index < -0.39 is 0 Å². The first-order chi connectivity index (χ1) is 8.29. The molecule has 1 aliphatic carbocycles. The first kappa shape index (κ1) is 12.9. The van der Waals surface area contributed by atoms with Crippen LogP contribution in [-0.2, 0) is 4.79 Å². The number of carbonyl (C=O) groups excluding carboxylic acids is 1. The molecule has 2 fully saturated rings. The van der Waals surface area contributed by atoms with E-state index in [9.17, 15) is 4.79 Å². The Kier molecular flexibility index (Phi) is 4.84. The number of carbonyl (C=O) groups is 1. The molecule has 17 heavy (non-hydrogen) atoms. The minimum atomic E-state index is 0.0748. The average molecular weight is 238 g/mol. The predicted molar refractivity (Wildman–Crippen MR) is 69.8 cm³/mol. The van der Waals surface area contributed by atoms with E-state index in [0.29, 0.717) is 6.04 Å². The summed E-state index contributed by atoms with van der Waals surface area (Å²) in [5.74, 6) is 1.07. The van der Waals surface area contributed by atoms with Gasteiger partial charge in [0, 0.05) is 6.04 Å². The maximum Gasteiger partial charge on any atom is 0.237 e. The van der Waals surface area contributed by atoms with Crippen LogP contribution in [0.15, 0.2) is 0 Å². The normalized spacial score (nSPS) is 34.3. The van der Waals surface area contributed by atoms with E-state index in [1.807, 2.05) is 0 Å². The Balaban J connectivity index is 1.77. The molecule has 0 spiro atoms. The molecule has 0 aromatic carbocycles. The summed E-state index contributed by atoms with van der Waals surface area (Å²) < 4.78 is 0. The van der Waals surface area contributed by atoms with E-state index in [1.54, 1.807) is 0 Å². The van der Waals surface area contributed by atoms with Gasteiger partial charge in [0.2, 0.25) is 5.91 Å². The zero-order valence-corrected chi connectivity index (χ0v) is 11.0. The summed E-state index contributed by atoms with van der Waals surface area (Å²) in [5.41, 5.74) is 0. The lowest BCUT2D eigenvalue weighted by molar-refractivity contribution is -0.124. The van der Waals surface area contributed by atoms with Crippen LogP contribution < -0.4 is 10.6 Å². The minimum absolute atomic E-state index is 0.0748. The van der Waals surface area contributed by atoms with Gasteiger partial charge in [0.1, 0.15) is 0 Å². The Morgan fingerprint density at radius 2 is 2.12 bits per heavy atom. The molecule has 0 aromatic rings. The second-order valence-corrected chi connectivity index (χ2v) is 5.65. The van der Waals surface area contributed by atoms with Gasteiger partial charge >= 0.3 is 0 Å². The van der Waals surface area contributed by atoms with Crippen LogP contribution in [0.5, 0.6) is 0 Å². The molecule has 2 unspecified atom stereocenters. The smallest absolute Gasteiger partial charge is 0.237 e. The fourth-order valence-corrected chi connectivity index (χ4v) is 3.17. The van der Waals surface area contributed by atoms with Crippen LogP contribution in [0.4, 0.5) is 0 Å². The monoisotopic (exact) mass is 238 g/mol. The average Bonchev–Trinajstić information content (AvgIpc) is 2.40. The van der Waals surface area contributed by atoms with Gasteiger partial charge in [-0.05, 0) is 38.1 Å². The molecule has 3 heteroatoms. The van der Waals surface area contributed by atoms with Crippen LogP contribution in [0.2, 0.25) is 0 Å². The second-order valence-electron chi connectivity index (χ2n) is 5.65. The van der Waals surface area contributed by atoms with E-state index in [4.69, 9.17) is 0 Å². The van der Waals surface area contributed by atoms with Crippen LogP contribution in [0.3, 0.4) is 0 Å². The maximum absolute atomic E-state index is 12.1. The lowest BCUT2D eigenvalue weighted by atomic mass is 9.84. The largest absolute Gasteiger partial charge is 0.352 e. The lowest BCUT2D eigenvalue weighted by Crippen LogP contribution is -2.50. The van der Waals surface area contributed by atoms with Gasteiger partial charge in [-0.15, -0.1) is 0 Å². The van der Waals surface area contributed by atoms with Crippen LogP contribution >= 0.6 is 0 Å².